The molecule has 1 aromatic rings. The maximum atomic E-state index is 12.6. The number of ether oxygens (including phenoxy) is 1. The van der Waals surface area contributed by atoms with Gasteiger partial charge in [0.1, 0.15) is 5.60 Å². The predicted molar refractivity (Wildman–Crippen MR) is 94.9 cm³/mol. The summed E-state index contributed by atoms with van der Waals surface area (Å²) in [6, 6.07) is 7.04. The fourth-order valence-corrected chi connectivity index (χ4v) is 2.68. The van der Waals surface area contributed by atoms with Gasteiger partial charge < -0.3 is 14.7 Å². The van der Waals surface area contributed by atoms with Gasteiger partial charge in [0.25, 0.3) is 5.91 Å². The molecule has 0 radical (unpaired) electrons. The molecule has 25 heavy (non-hydrogen) atoms. The number of esters is 1. The summed E-state index contributed by atoms with van der Waals surface area (Å²) < 4.78 is 5.05. The Morgan fingerprint density at radius 2 is 1.84 bits per heavy atom. The van der Waals surface area contributed by atoms with Crippen LogP contribution in [0.25, 0.3) is 0 Å². The van der Waals surface area contributed by atoms with Crippen molar-refractivity contribution in [2.24, 2.45) is 5.92 Å². The van der Waals surface area contributed by atoms with Gasteiger partial charge in [0, 0.05) is 24.2 Å². The van der Waals surface area contributed by atoms with E-state index in [1.807, 2.05) is 0 Å². The van der Waals surface area contributed by atoms with Crippen molar-refractivity contribution in [1.29, 1.82) is 0 Å². The zero-order chi connectivity index (χ0) is 18.4. The lowest BCUT2D eigenvalue weighted by Gasteiger charge is -2.31. The highest BCUT2D eigenvalue weighted by Crippen LogP contribution is 2.20. The second kappa shape index (κ2) is 8.17. The maximum Gasteiger partial charge on any atom is 0.309 e. The summed E-state index contributed by atoms with van der Waals surface area (Å²) in [6.45, 7) is 6.55. The second-order valence-electron chi connectivity index (χ2n) is 6.70. The Labute approximate surface area is 149 Å². The van der Waals surface area contributed by atoms with Gasteiger partial charge in [-0.25, -0.2) is 0 Å². The van der Waals surface area contributed by atoms with E-state index in [1.54, 1.807) is 49.9 Å². The van der Waals surface area contributed by atoms with Crippen LogP contribution in [0.4, 0.5) is 0 Å². The zero-order valence-corrected chi connectivity index (χ0v) is 15.0. The molecule has 1 N–H and O–H groups in total. The summed E-state index contributed by atoms with van der Waals surface area (Å²) in [7, 11) is 0. The van der Waals surface area contributed by atoms with Crippen LogP contribution >= 0.6 is 0 Å². The highest BCUT2D eigenvalue weighted by Gasteiger charge is 2.28. The number of likely N-dealkylation sites (tertiary alicyclic amines) is 1. The minimum absolute atomic E-state index is 0.0377. The Hall–Kier alpha value is -2.32. The lowest BCUT2D eigenvalue weighted by molar-refractivity contribution is -0.149. The Kier molecular flexibility index (Phi) is 6.22. The number of hydrogen-bond donors (Lipinski definition) is 1. The topological polar surface area (TPSA) is 66.8 Å². The number of nitrogens with zero attached hydrogens (tertiary/aromatic N) is 1. The average molecular weight is 343 g/mol. The number of aliphatic hydroxyl groups is 1. The minimum atomic E-state index is -1.04. The van der Waals surface area contributed by atoms with E-state index in [0.717, 1.165) is 5.56 Å². The standard InChI is InChI=1S/C20H25NO4/c1-4-25-19(23)17-10-13-21(14-11-17)18(22)16-7-5-15(6-8-16)9-12-20(2,3)24/h5-8,17,24H,4,10-11,13-14H2,1-3H3. The fraction of sp³-hybridized carbons (Fsp3) is 0.500. The van der Waals surface area contributed by atoms with Crippen molar-refractivity contribution < 1.29 is 19.4 Å². The second-order valence-corrected chi connectivity index (χ2v) is 6.70. The smallest absolute Gasteiger partial charge is 0.309 e. The molecular weight excluding hydrogens is 318 g/mol. The Balaban J connectivity index is 1.95. The van der Waals surface area contributed by atoms with E-state index in [9.17, 15) is 14.7 Å². The van der Waals surface area contributed by atoms with Crippen molar-refractivity contribution >= 4 is 11.9 Å². The monoisotopic (exact) mass is 343 g/mol. The predicted octanol–water partition coefficient (Wildman–Crippen LogP) is 2.22. The van der Waals surface area contributed by atoms with E-state index >= 15 is 0 Å². The molecule has 5 heteroatoms. The molecule has 0 atom stereocenters. The van der Waals surface area contributed by atoms with E-state index < -0.39 is 5.60 Å². The number of benzene rings is 1. The number of hydrogen-bond acceptors (Lipinski definition) is 4. The molecule has 0 aromatic heterocycles. The molecule has 1 aliphatic rings. The first-order valence-corrected chi connectivity index (χ1v) is 8.61. The molecule has 134 valence electrons. The van der Waals surface area contributed by atoms with Crippen molar-refractivity contribution in [3.8, 4) is 11.8 Å². The summed E-state index contributed by atoms with van der Waals surface area (Å²) in [5.74, 6) is 5.32. The van der Waals surface area contributed by atoms with Crippen LogP contribution in [0.3, 0.4) is 0 Å². The number of rotatable bonds is 3. The molecule has 0 unspecified atom stereocenters. The van der Waals surface area contributed by atoms with E-state index in [2.05, 4.69) is 11.8 Å². The van der Waals surface area contributed by atoms with Crippen LogP contribution < -0.4 is 0 Å². The van der Waals surface area contributed by atoms with Crippen LogP contribution in [0, 0.1) is 17.8 Å². The van der Waals surface area contributed by atoms with Crippen LogP contribution in [-0.4, -0.2) is 47.2 Å². The maximum absolute atomic E-state index is 12.6. The van der Waals surface area contributed by atoms with Crippen molar-refractivity contribution in [2.45, 2.75) is 39.2 Å². The van der Waals surface area contributed by atoms with Gasteiger partial charge in [-0.05, 0) is 57.9 Å². The molecule has 1 heterocycles. The largest absolute Gasteiger partial charge is 0.466 e. The highest BCUT2D eigenvalue weighted by molar-refractivity contribution is 5.94. The fourth-order valence-electron chi connectivity index (χ4n) is 2.68. The van der Waals surface area contributed by atoms with E-state index in [0.29, 0.717) is 38.1 Å². The number of piperidine rings is 1. The van der Waals surface area contributed by atoms with Crippen molar-refractivity contribution in [3.63, 3.8) is 0 Å². The van der Waals surface area contributed by atoms with Gasteiger partial charge in [0.05, 0.1) is 12.5 Å². The van der Waals surface area contributed by atoms with Gasteiger partial charge in [-0.15, -0.1) is 0 Å². The lowest BCUT2D eigenvalue weighted by Crippen LogP contribution is -2.40. The van der Waals surface area contributed by atoms with Gasteiger partial charge in [-0.2, -0.15) is 0 Å². The summed E-state index contributed by atoms with van der Waals surface area (Å²) in [5.41, 5.74) is 0.306. The average Bonchev–Trinajstić information content (AvgIpc) is 2.59. The first-order valence-electron chi connectivity index (χ1n) is 8.61. The molecule has 5 nitrogen and oxygen atoms in total. The summed E-state index contributed by atoms with van der Waals surface area (Å²) in [6.07, 6.45) is 1.28. The molecular formula is C20H25NO4. The van der Waals surface area contributed by atoms with Crippen molar-refractivity contribution in [3.05, 3.63) is 35.4 Å². The molecule has 0 bridgehead atoms. The molecule has 1 fully saturated rings. The van der Waals surface area contributed by atoms with Gasteiger partial charge in [-0.3, -0.25) is 9.59 Å². The van der Waals surface area contributed by atoms with Crippen LogP contribution in [0.15, 0.2) is 24.3 Å². The first kappa shape index (κ1) is 19.0. The first-order chi connectivity index (χ1) is 11.8. The molecule has 0 aliphatic carbocycles. The van der Waals surface area contributed by atoms with Gasteiger partial charge in [0.2, 0.25) is 0 Å². The van der Waals surface area contributed by atoms with E-state index in [4.69, 9.17) is 4.74 Å². The van der Waals surface area contributed by atoms with Crippen LogP contribution in [0.5, 0.6) is 0 Å². The molecule has 1 aliphatic heterocycles. The third-order valence-electron chi connectivity index (χ3n) is 4.05. The van der Waals surface area contributed by atoms with Crippen LogP contribution in [0.1, 0.15) is 49.5 Å². The molecule has 0 saturated carbocycles. The normalized spacial score (nSPS) is 15.3. The molecule has 1 saturated heterocycles. The summed E-state index contributed by atoms with van der Waals surface area (Å²) in [5, 5.41) is 9.62. The number of carbonyl (C=O) groups is 2. The minimum Gasteiger partial charge on any atom is -0.466 e. The quantitative estimate of drug-likeness (QED) is 0.675. The lowest BCUT2D eigenvalue weighted by atomic mass is 9.96. The molecule has 2 rings (SSSR count). The van der Waals surface area contributed by atoms with Crippen LogP contribution in [-0.2, 0) is 9.53 Å². The third kappa shape index (κ3) is 5.61. The van der Waals surface area contributed by atoms with Gasteiger partial charge >= 0.3 is 5.97 Å². The third-order valence-corrected chi connectivity index (χ3v) is 4.05. The number of amides is 1. The van der Waals surface area contributed by atoms with Crippen molar-refractivity contribution in [1.82, 2.24) is 4.90 Å². The summed E-state index contributed by atoms with van der Waals surface area (Å²) in [4.78, 5) is 26.1. The van der Waals surface area contributed by atoms with Crippen LogP contribution in [0.2, 0.25) is 0 Å². The number of carbonyl (C=O) groups excluding carboxylic acids is 2. The van der Waals surface area contributed by atoms with E-state index in [-0.39, 0.29) is 17.8 Å². The summed E-state index contributed by atoms with van der Waals surface area (Å²) >= 11 is 0. The van der Waals surface area contributed by atoms with E-state index in [1.165, 1.54) is 0 Å². The van der Waals surface area contributed by atoms with Gasteiger partial charge in [-0.1, -0.05) is 11.8 Å². The molecule has 1 aromatic carbocycles. The molecule has 1 amide bonds. The Bertz CT molecular complexity index is 668. The Morgan fingerprint density at radius 3 is 2.36 bits per heavy atom. The van der Waals surface area contributed by atoms with Gasteiger partial charge in [0.15, 0.2) is 0 Å². The Morgan fingerprint density at radius 1 is 1.24 bits per heavy atom. The zero-order valence-electron chi connectivity index (χ0n) is 15.0. The highest BCUT2D eigenvalue weighted by atomic mass is 16.5. The molecule has 0 spiro atoms. The van der Waals surface area contributed by atoms with Crippen molar-refractivity contribution in [2.75, 3.05) is 19.7 Å². The SMILES string of the molecule is CCOC(=O)C1CCN(C(=O)c2ccc(C#CC(C)(C)O)cc2)CC1.